The molecule has 0 radical (unpaired) electrons. The van der Waals surface area contributed by atoms with E-state index in [2.05, 4.69) is 53.4 Å². The van der Waals surface area contributed by atoms with Gasteiger partial charge in [0.05, 0.1) is 6.04 Å². The molecule has 0 bridgehead atoms. The van der Waals surface area contributed by atoms with Crippen LogP contribution in [-0.4, -0.2) is 16.5 Å². The predicted octanol–water partition coefficient (Wildman–Crippen LogP) is 3.13. The quantitative estimate of drug-likeness (QED) is 0.861. The fraction of sp³-hybridized carbons (Fsp3) is 0.375. The largest absolute Gasteiger partial charge is 0.306 e. The second kappa shape index (κ2) is 7.00. The normalized spacial score (nSPS) is 12.3. The van der Waals surface area contributed by atoms with E-state index in [1.54, 1.807) is 6.33 Å². The molecule has 3 nitrogen and oxygen atoms in total. The summed E-state index contributed by atoms with van der Waals surface area (Å²) in [4.78, 5) is 8.22. The number of nitrogens with one attached hydrogen (secondary N) is 1. The lowest BCUT2D eigenvalue weighted by Gasteiger charge is -2.18. The lowest BCUT2D eigenvalue weighted by molar-refractivity contribution is 0.625. The highest BCUT2D eigenvalue weighted by Crippen LogP contribution is 2.21. The third kappa shape index (κ3) is 3.61. The molecule has 0 saturated carbocycles. The molecule has 1 atom stereocenters. The Labute approximate surface area is 115 Å². The van der Waals surface area contributed by atoms with Gasteiger partial charge >= 0.3 is 0 Å². The van der Waals surface area contributed by atoms with Crippen LogP contribution in [0.25, 0.3) is 0 Å². The average molecular weight is 255 g/mol. The van der Waals surface area contributed by atoms with Gasteiger partial charge in [0.2, 0.25) is 0 Å². The molecule has 2 rings (SSSR count). The molecular weight excluding hydrogens is 234 g/mol. The van der Waals surface area contributed by atoms with Crippen molar-refractivity contribution in [3.05, 3.63) is 59.7 Å². The van der Waals surface area contributed by atoms with E-state index in [1.165, 1.54) is 17.5 Å². The summed E-state index contributed by atoms with van der Waals surface area (Å²) in [6.45, 7) is 5.23. The number of aromatic nitrogens is 2. The lowest BCUT2D eigenvalue weighted by atomic mass is 9.99. The van der Waals surface area contributed by atoms with Crippen LogP contribution in [0.5, 0.6) is 0 Å². The molecule has 1 aromatic carbocycles. The van der Waals surface area contributed by atoms with Crippen LogP contribution in [0.1, 0.15) is 43.0 Å². The van der Waals surface area contributed by atoms with Crippen LogP contribution in [-0.2, 0) is 6.42 Å². The van der Waals surface area contributed by atoms with Gasteiger partial charge in [-0.1, -0.05) is 44.5 Å². The molecule has 1 aromatic heterocycles. The predicted molar refractivity (Wildman–Crippen MR) is 78.0 cm³/mol. The molecule has 2 aromatic rings. The van der Waals surface area contributed by atoms with Crippen LogP contribution in [0.4, 0.5) is 0 Å². The van der Waals surface area contributed by atoms with Gasteiger partial charge < -0.3 is 5.32 Å². The Kier molecular flexibility index (Phi) is 5.04. The minimum Gasteiger partial charge on any atom is -0.306 e. The van der Waals surface area contributed by atoms with Crippen LogP contribution < -0.4 is 5.32 Å². The zero-order chi connectivity index (χ0) is 13.5. The van der Waals surface area contributed by atoms with Gasteiger partial charge in [-0.3, -0.25) is 0 Å². The first-order valence-electron chi connectivity index (χ1n) is 6.92. The van der Waals surface area contributed by atoms with E-state index in [9.17, 15) is 0 Å². The molecule has 3 heteroatoms. The van der Waals surface area contributed by atoms with Gasteiger partial charge in [0, 0.05) is 18.0 Å². The van der Waals surface area contributed by atoms with Crippen LogP contribution in [0.3, 0.4) is 0 Å². The number of hydrogen-bond donors (Lipinski definition) is 1. The zero-order valence-corrected chi connectivity index (χ0v) is 11.6. The summed E-state index contributed by atoms with van der Waals surface area (Å²) < 4.78 is 0. The molecular formula is C16H21N3. The van der Waals surface area contributed by atoms with Gasteiger partial charge in [0.25, 0.3) is 0 Å². The number of benzene rings is 1. The molecule has 100 valence electrons. The molecule has 0 saturated heterocycles. The standard InChI is InChI=1S/C16H21N3/c1-3-5-13-6-8-14(9-7-13)16(19-4-2)15-10-17-12-18-11-15/h6-12,16,19H,3-5H2,1-2H3. The number of nitrogens with zero attached hydrogens (tertiary/aromatic N) is 2. The first kappa shape index (κ1) is 13.7. The molecule has 0 aliphatic heterocycles. The van der Waals surface area contributed by atoms with Crippen molar-refractivity contribution in [3.8, 4) is 0 Å². The van der Waals surface area contributed by atoms with E-state index < -0.39 is 0 Å². The number of rotatable bonds is 6. The van der Waals surface area contributed by atoms with Crippen molar-refractivity contribution in [1.82, 2.24) is 15.3 Å². The highest BCUT2D eigenvalue weighted by molar-refractivity contribution is 5.31. The van der Waals surface area contributed by atoms with Gasteiger partial charge in [-0.05, 0) is 24.1 Å². The summed E-state index contributed by atoms with van der Waals surface area (Å²) in [5.41, 5.74) is 3.76. The molecule has 1 unspecified atom stereocenters. The topological polar surface area (TPSA) is 37.8 Å². The van der Waals surface area contributed by atoms with Crippen LogP contribution in [0.15, 0.2) is 43.0 Å². The van der Waals surface area contributed by atoms with E-state index in [1.807, 2.05) is 12.4 Å². The SMILES string of the molecule is CCCc1ccc(C(NCC)c2cncnc2)cc1. The second-order valence-corrected chi connectivity index (χ2v) is 4.65. The van der Waals surface area contributed by atoms with Crippen LogP contribution in [0, 0.1) is 0 Å². The lowest BCUT2D eigenvalue weighted by Crippen LogP contribution is -2.22. The van der Waals surface area contributed by atoms with Crippen molar-refractivity contribution in [2.45, 2.75) is 32.7 Å². The van der Waals surface area contributed by atoms with Crippen LogP contribution in [0.2, 0.25) is 0 Å². The Hall–Kier alpha value is -1.74. The number of hydrogen-bond acceptors (Lipinski definition) is 3. The Morgan fingerprint density at radius 3 is 2.26 bits per heavy atom. The first-order valence-corrected chi connectivity index (χ1v) is 6.92. The third-order valence-electron chi connectivity index (χ3n) is 3.17. The van der Waals surface area contributed by atoms with Crippen molar-refractivity contribution >= 4 is 0 Å². The Morgan fingerprint density at radius 1 is 1.00 bits per heavy atom. The van der Waals surface area contributed by atoms with Gasteiger partial charge in [-0.2, -0.15) is 0 Å². The maximum Gasteiger partial charge on any atom is 0.115 e. The minimum atomic E-state index is 0.168. The molecule has 0 spiro atoms. The maximum atomic E-state index is 4.11. The van der Waals surface area contributed by atoms with E-state index in [0.29, 0.717) is 0 Å². The number of aryl methyl sites for hydroxylation is 1. The second-order valence-electron chi connectivity index (χ2n) is 4.65. The van der Waals surface area contributed by atoms with Crippen molar-refractivity contribution in [2.24, 2.45) is 0 Å². The first-order chi connectivity index (χ1) is 9.35. The van der Waals surface area contributed by atoms with Gasteiger partial charge in [0.15, 0.2) is 0 Å². The highest BCUT2D eigenvalue weighted by atomic mass is 14.9. The van der Waals surface area contributed by atoms with E-state index in [4.69, 9.17) is 0 Å². The van der Waals surface area contributed by atoms with E-state index >= 15 is 0 Å². The van der Waals surface area contributed by atoms with Gasteiger partial charge in [-0.25, -0.2) is 9.97 Å². The van der Waals surface area contributed by atoms with E-state index in [-0.39, 0.29) is 6.04 Å². The highest BCUT2D eigenvalue weighted by Gasteiger charge is 2.13. The summed E-state index contributed by atoms with van der Waals surface area (Å²) in [7, 11) is 0. The summed E-state index contributed by atoms with van der Waals surface area (Å²) in [5.74, 6) is 0. The molecule has 1 N–H and O–H groups in total. The monoisotopic (exact) mass is 255 g/mol. The summed E-state index contributed by atoms with van der Waals surface area (Å²) >= 11 is 0. The summed E-state index contributed by atoms with van der Waals surface area (Å²) in [6, 6.07) is 9.00. The van der Waals surface area contributed by atoms with Crippen molar-refractivity contribution in [1.29, 1.82) is 0 Å². The molecule has 0 aliphatic carbocycles. The van der Waals surface area contributed by atoms with Gasteiger partial charge in [-0.15, -0.1) is 0 Å². The zero-order valence-electron chi connectivity index (χ0n) is 11.6. The maximum absolute atomic E-state index is 4.11. The Bertz CT molecular complexity index is 479. The smallest absolute Gasteiger partial charge is 0.115 e. The van der Waals surface area contributed by atoms with Crippen molar-refractivity contribution in [2.75, 3.05) is 6.54 Å². The van der Waals surface area contributed by atoms with Crippen molar-refractivity contribution in [3.63, 3.8) is 0 Å². The molecule has 1 heterocycles. The summed E-state index contributed by atoms with van der Waals surface area (Å²) in [5, 5.41) is 3.49. The van der Waals surface area contributed by atoms with Crippen molar-refractivity contribution < 1.29 is 0 Å². The molecule has 0 amide bonds. The average Bonchev–Trinajstić information content (AvgIpc) is 2.47. The summed E-state index contributed by atoms with van der Waals surface area (Å²) in [6.07, 6.45) is 7.64. The van der Waals surface area contributed by atoms with Crippen LogP contribution >= 0.6 is 0 Å². The van der Waals surface area contributed by atoms with E-state index in [0.717, 1.165) is 18.5 Å². The third-order valence-corrected chi connectivity index (χ3v) is 3.17. The minimum absolute atomic E-state index is 0.168. The fourth-order valence-electron chi connectivity index (χ4n) is 2.26. The fourth-order valence-corrected chi connectivity index (χ4v) is 2.26. The van der Waals surface area contributed by atoms with Gasteiger partial charge in [0.1, 0.15) is 6.33 Å². The molecule has 0 aliphatic rings. The molecule has 0 fully saturated rings. The Balaban J connectivity index is 2.24. The molecule has 19 heavy (non-hydrogen) atoms. The Morgan fingerprint density at radius 2 is 1.68 bits per heavy atom.